The van der Waals surface area contributed by atoms with Crippen LogP contribution in [-0.4, -0.2) is 26.7 Å². The average molecular weight is 301 g/mol. The van der Waals surface area contributed by atoms with Crippen LogP contribution in [-0.2, 0) is 15.3 Å². The molecule has 0 aromatic heterocycles. The molecule has 2 N–H and O–H groups in total. The van der Waals surface area contributed by atoms with Crippen molar-refractivity contribution in [3.63, 3.8) is 0 Å². The van der Waals surface area contributed by atoms with Crippen LogP contribution in [0.2, 0.25) is 0 Å². The van der Waals surface area contributed by atoms with Gasteiger partial charge in [0.1, 0.15) is 5.75 Å². The van der Waals surface area contributed by atoms with E-state index in [0.717, 1.165) is 0 Å². The Balaban J connectivity index is 2.46. The van der Waals surface area contributed by atoms with Gasteiger partial charge in [0.2, 0.25) is 5.78 Å². The molecular formula is C17H19NO4. The van der Waals surface area contributed by atoms with Crippen LogP contribution in [0.15, 0.2) is 54.6 Å². The lowest BCUT2D eigenvalue weighted by Gasteiger charge is -2.30. The van der Waals surface area contributed by atoms with E-state index in [0.29, 0.717) is 16.9 Å². The summed E-state index contributed by atoms with van der Waals surface area (Å²) in [6, 6.07) is 15.7. The summed E-state index contributed by atoms with van der Waals surface area (Å²) in [4.78, 5) is 12.9. The summed E-state index contributed by atoms with van der Waals surface area (Å²) < 4.78 is 16.1. The Labute approximate surface area is 129 Å². The number of ether oxygens (including phenoxy) is 3. The van der Waals surface area contributed by atoms with Gasteiger partial charge < -0.3 is 19.9 Å². The third-order valence-electron chi connectivity index (χ3n) is 3.38. The van der Waals surface area contributed by atoms with Crippen molar-refractivity contribution in [2.45, 2.75) is 5.79 Å². The second kappa shape index (κ2) is 7.17. The van der Waals surface area contributed by atoms with Crippen LogP contribution in [0.5, 0.6) is 5.75 Å². The molecule has 1 unspecified atom stereocenters. The first-order valence-electron chi connectivity index (χ1n) is 6.81. The van der Waals surface area contributed by atoms with E-state index in [2.05, 4.69) is 0 Å². The van der Waals surface area contributed by atoms with Crippen LogP contribution < -0.4 is 10.5 Å². The SMILES string of the molecule is COc1ccc(C(=O)C(OC)(OCN)c2ccccc2)cc1. The van der Waals surface area contributed by atoms with E-state index < -0.39 is 5.79 Å². The van der Waals surface area contributed by atoms with Gasteiger partial charge >= 0.3 is 0 Å². The van der Waals surface area contributed by atoms with Gasteiger partial charge in [0.25, 0.3) is 5.79 Å². The number of hydrogen-bond donors (Lipinski definition) is 1. The van der Waals surface area contributed by atoms with Crippen molar-refractivity contribution in [1.82, 2.24) is 0 Å². The normalized spacial score (nSPS) is 13.4. The fourth-order valence-corrected chi connectivity index (χ4v) is 2.26. The summed E-state index contributed by atoms with van der Waals surface area (Å²) in [5, 5.41) is 0. The highest BCUT2D eigenvalue weighted by atomic mass is 16.7. The van der Waals surface area contributed by atoms with E-state index in [-0.39, 0.29) is 12.5 Å². The van der Waals surface area contributed by atoms with E-state index in [1.165, 1.54) is 7.11 Å². The summed E-state index contributed by atoms with van der Waals surface area (Å²) >= 11 is 0. The minimum atomic E-state index is -1.56. The van der Waals surface area contributed by atoms with Crippen LogP contribution in [0.3, 0.4) is 0 Å². The molecule has 2 aromatic carbocycles. The van der Waals surface area contributed by atoms with Gasteiger partial charge in [-0.15, -0.1) is 0 Å². The van der Waals surface area contributed by atoms with Crippen molar-refractivity contribution < 1.29 is 19.0 Å². The highest BCUT2D eigenvalue weighted by molar-refractivity contribution is 6.02. The molecule has 0 saturated heterocycles. The number of carbonyl (C=O) groups is 1. The third kappa shape index (κ3) is 3.01. The molecule has 116 valence electrons. The van der Waals surface area contributed by atoms with Gasteiger partial charge in [-0.05, 0) is 24.3 Å². The van der Waals surface area contributed by atoms with Crippen LogP contribution >= 0.6 is 0 Å². The summed E-state index contributed by atoms with van der Waals surface area (Å²) in [6.45, 7) is -0.148. The molecule has 0 bridgehead atoms. The fourth-order valence-electron chi connectivity index (χ4n) is 2.26. The molecule has 0 amide bonds. The first kappa shape index (κ1) is 16.2. The molecule has 0 spiro atoms. The Morgan fingerprint density at radius 1 is 1.05 bits per heavy atom. The number of carbonyl (C=O) groups excluding carboxylic acids is 1. The van der Waals surface area contributed by atoms with E-state index >= 15 is 0 Å². The van der Waals surface area contributed by atoms with Crippen LogP contribution in [0.4, 0.5) is 0 Å². The van der Waals surface area contributed by atoms with Crippen molar-refractivity contribution in [2.75, 3.05) is 21.0 Å². The molecule has 1 atom stereocenters. The van der Waals surface area contributed by atoms with Gasteiger partial charge in [-0.3, -0.25) is 4.79 Å². The molecule has 0 fully saturated rings. The molecule has 0 aliphatic rings. The monoisotopic (exact) mass is 301 g/mol. The smallest absolute Gasteiger partial charge is 0.262 e. The Morgan fingerprint density at radius 2 is 1.68 bits per heavy atom. The molecule has 0 aliphatic heterocycles. The Morgan fingerprint density at radius 3 is 2.18 bits per heavy atom. The predicted octanol–water partition coefficient (Wildman–Crippen LogP) is 2.31. The highest BCUT2D eigenvalue weighted by Gasteiger charge is 2.42. The van der Waals surface area contributed by atoms with Gasteiger partial charge in [0.15, 0.2) is 0 Å². The number of nitrogens with two attached hydrogens (primary N) is 1. The standard InChI is InChI=1S/C17H19NO4/c1-20-15-10-8-13(9-11-15)16(19)17(21-2,22-12-18)14-6-4-3-5-7-14/h3-11H,12,18H2,1-2H3. The number of hydrogen-bond acceptors (Lipinski definition) is 5. The molecule has 0 aliphatic carbocycles. The molecule has 0 heterocycles. The second-order valence-electron chi connectivity index (χ2n) is 4.56. The van der Waals surface area contributed by atoms with Crippen LogP contribution in [0.1, 0.15) is 15.9 Å². The molecule has 5 heteroatoms. The van der Waals surface area contributed by atoms with Crippen molar-refractivity contribution in [3.8, 4) is 5.75 Å². The van der Waals surface area contributed by atoms with Gasteiger partial charge in [-0.2, -0.15) is 0 Å². The molecule has 2 aromatic rings. The van der Waals surface area contributed by atoms with Crippen molar-refractivity contribution in [1.29, 1.82) is 0 Å². The summed E-state index contributed by atoms with van der Waals surface area (Å²) in [7, 11) is 2.99. The first-order valence-corrected chi connectivity index (χ1v) is 6.81. The summed E-state index contributed by atoms with van der Waals surface area (Å²) in [5.74, 6) is -1.22. The molecule has 2 rings (SSSR count). The first-order chi connectivity index (χ1) is 10.7. The Hall–Kier alpha value is -2.21. The third-order valence-corrected chi connectivity index (χ3v) is 3.38. The number of Topliss-reactive ketones (excluding diaryl/α,β-unsaturated/α-hetero) is 1. The molecule has 5 nitrogen and oxygen atoms in total. The van der Waals surface area contributed by atoms with E-state index in [1.807, 2.05) is 18.2 Å². The highest BCUT2D eigenvalue weighted by Crippen LogP contribution is 2.31. The van der Waals surface area contributed by atoms with Gasteiger partial charge in [0, 0.05) is 18.2 Å². The lowest BCUT2D eigenvalue weighted by molar-refractivity contribution is -0.192. The molecule has 0 saturated carbocycles. The summed E-state index contributed by atoms with van der Waals surface area (Å²) in [5.41, 5.74) is 6.55. The molecule has 22 heavy (non-hydrogen) atoms. The van der Waals surface area contributed by atoms with Crippen molar-refractivity contribution in [3.05, 3.63) is 65.7 Å². The average Bonchev–Trinajstić information content (AvgIpc) is 2.60. The summed E-state index contributed by atoms with van der Waals surface area (Å²) in [6.07, 6.45) is 0. The van der Waals surface area contributed by atoms with E-state index in [1.54, 1.807) is 43.5 Å². The number of rotatable bonds is 7. The van der Waals surface area contributed by atoms with Crippen LogP contribution in [0, 0.1) is 0 Å². The Kier molecular flexibility index (Phi) is 5.27. The number of methoxy groups -OCH3 is 2. The zero-order chi connectivity index (χ0) is 16.0. The molecular weight excluding hydrogens is 282 g/mol. The molecule has 0 radical (unpaired) electrons. The van der Waals surface area contributed by atoms with Gasteiger partial charge in [-0.1, -0.05) is 30.3 Å². The minimum absolute atomic E-state index is 0.148. The zero-order valence-electron chi connectivity index (χ0n) is 12.6. The van der Waals surface area contributed by atoms with Gasteiger partial charge in [0.05, 0.1) is 13.8 Å². The largest absolute Gasteiger partial charge is 0.497 e. The van der Waals surface area contributed by atoms with E-state index in [9.17, 15) is 4.79 Å². The van der Waals surface area contributed by atoms with Crippen molar-refractivity contribution >= 4 is 5.78 Å². The Bertz CT molecular complexity index is 612. The maximum Gasteiger partial charge on any atom is 0.262 e. The lowest BCUT2D eigenvalue weighted by atomic mass is 9.95. The van der Waals surface area contributed by atoms with E-state index in [4.69, 9.17) is 19.9 Å². The second-order valence-corrected chi connectivity index (χ2v) is 4.56. The maximum atomic E-state index is 12.9. The topological polar surface area (TPSA) is 70.8 Å². The lowest BCUT2D eigenvalue weighted by Crippen LogP contribution is -2.42. The van der Waals surface area contributed by atoms with Crippen molar-refractivity contribution in [2.24, 2.45) is 5.73 Å². The number of ketones is 1. The minimum Gasteiger partial charge on any atom is -0.497 e. The quantitative estimate of drug-likeness (QED) is 0.627. The predicted molar refractivity (Wildman–Crippen MR) is 82.6 cm³/mol. The number of benzene rings is 2. The maximum absolute atomic E-state index is 12.9. The fraction of sp³-hybridized carbons (Fsp3) is 0.235. The van der Waals surface area contributed by atoms with Crippen LogP contribution in [0.25, 0.3) is 0 Å². The zero-order valence-corrected chi connectivity index (χ0v) is 12.6. The van der Waals surface area contributed by atoms with Gasteiger partial charge in [-0.25, -0.2) is 0 Å².